The molecule has 0 saturated carbocycles. The molecule has 0 atom stereocenters. The van der Waals surface area contributed by atoms with Crippen LogP contribution in [0.3, 0.4) is 0 Å². The number of nitrogens with zero attached hydrogens (tertiary/aromatic N) is 2. The number of nitrogens with one attached hydrogen (secondary N) is 2. The van der Waals surface area contributed by atoms with E-state index < -0.39 is 0 Å². The molecule has 222 valence electrons. The molecule has 7 rings (SSSR count). The van der Waals surface area contributed by atoms with Crippen molar-refractivity contribution in [2.75, 3.05) is 10.6 Å². The van der Waals surface area contributed by atoms with Gasteiger partial charge in [-0.05, 0) is 61.4 Å². The maximum absolute atomic E-state index is 14.0. The van der Waals surface area contributed by atoms with Crippen LogP contribution in [-0.2, 0) is 0 Å². The van der Waals surface area contributed by atoms with E-state index in [2.05, 4.69) is 10.6 Å². The maximum atomic E-state index is 14.0. The predicted octanol–water partition coefficient (Wildman–Crippen LogP) is 9.24. The molecule has 6 heteroatoms. The summed E-state index contributed by atoms with van der Waals surface area (Å²) in [5.74, 6) is -0.531. The number of carbonyl (C=O) groups is 2. The quantitative estimate of drug-likeness (QED) is 0.187. The Balaban J connectivity index is 1.46. The monoisotopic (exact) mass is 598 g/mol. The fourth-order valence-electron chi connectivity index (χ4n) is 5.64. The van der Waals surface area contributed by atoms with Gasteiger partial charge < -0.3 is 10.6 Å². The molecule has 2 aromatic heterocycles. The Hall–Kier alpha value is -6.14. The second-order valence-corrected chi connectivity index (χ2v) is 11.3. The minimum atomic E-state index is -0.266. The lowest BCUT2D eigenvalue weighted by Crippen LogP contribution is -2.15. The van der Waals surface area contributed by atoms with Gasteiger partial charge in [0.25, 0.3) is 11.8 Å². The van der Waals surface area contributed by atoms with Gasteiger partial charge in [-0.3, -0.25) is 9.59 Å². The van der Waals surface area contributed by atoms with E-state index in [1.165, 1.54) is 0 Å². The molecule has 2 amide bonds. The van der Waals surface area contributed by atoms with Gasteiger partial charge >= 0.3 is 0 Å². The second kappa shape index (κ2) is 12.1. The molecule has 0 spiro atoms. The Morgan fingerprint density at radius 3 is 1.28 bits per heavy atom. The van der Waals surface area contributed by atoms with Crippen LogP contribution in [0.25, 0.3) is 44.3 Å². The van der Waals surface area contributed by atoms with Crippen molar-refractivity contribution in [1.82, 2.24) is 9.97 Å². The molecule has 0 radical (unpaired) electrons. The first-order valence-corrected chi connectivity index (χ1v) is 15.1. The summed E-state index contributed by atoms with van der Waals surface area (Å²) in [6.45, 7) is 3.91. The van der Waals surface area contributed by atoms with Crippen molar-refractivity contribution in [3.63, 3.8) is 0 Å². The molecular weight excluding hydrogens is 568 g/mol. The number of anilines is 2. The maximum Gasteiger partial charge on any atom is 0.256 e. The Bertz CT molecular complexity index is 2110. The Kier molecular flexibility index (Phi) is 7.53. The number of aryl methyl sites for hydroxylation is 2. The van der Waals surface area contributed by atoms with Gasteiger partial charge in [0, 0.05) is 33.3 Å². The Morgan fingerprint density at radius 1 is 0.478 bits per heavy atom. The molecule has 0 bridgehead atoms. The highest BCUT2D eigenvalue weighted by atomic mass is 16.2. The molecule has 6 nitrogen and oxygen atoms in total. The Labute approximate surface area is 266 Å². The number of para-hydroxylation sites is 2. The number of pyridine rings is 2. The lowest BCUT2D eigenvalue weighted by molar-refractivity contribution is 0.102. The first kappa shape index (κ1) is 28.6. The van der Waals surface area contributed by atoms with Crippen LogP contribution in [0.2, 0.25) is 0 Å². The van der Waals surface area contributed by atoms with Crippen molar-refractivity contribution in [3.8, 4) is 22.5 Å². The molecule has 0 unspecified atom stereocenters. The zero-order valence-electron chi connectivity index (χ0n) is 25.4. The van der Waals surface area contributed by atoms with Crippen LogP contribution in [0.5, 0.6) is 0 Å². The highest BCUT2D eigenvalue weighted by Crippen LogP contribution is 2.33. The van der Waals surface area contributed by atoms with E-state index in [1.807, 2.05) is 147 Å². The zero-order chi connectivity index (χ0) is 31.6. The third-order valence-electron chi connectivity index (χ3n) is 8.15. The average molecular weight is 599 g/mol. The fourth-order valence-corrected chi connectivity index (χ4v) is 5.64. The van der Waals surface area contributed by atoms with Crippen LogP contribution in [-0.4, -0.2) is 21.8 Å². The van der Waals surface area contributed by atoms with Crippen molar-refractivity contribution >= 4 is 45.0 Å². The normalized spacial score (nSPS) is 11.0. The van der Waals surface area contributed by atoms with Crippen molar-refractivity contribution < 1.29 is 9.59 Å². The first-order valence-electron chi connectivity index (χ1n) is 15.1. The summed E-state index contributed by atoms with van der Waals surface area (Å²) in [4.78, 5) is 38.0. The average Bonchev–Trinajstić information content (AvgIpc) is 3.09. The van der Waals surface area contributed by atoms with E-state index in [4.69, 9.17) is 9.97 Å². The fraction of sp³-hybridized carbons (Fsp3) is 0.0500. The third-order valence-corrected chi connectivity index (χ3v) is 8.15. The van der Waals surface area contributed by atoms with Gasteiger partial charge in [0.15, 0.2) is 0 Å². The van der Waals surface area contributed by atoms with Gasteiger partial charge in [-0.15, -0.1) is 0 Å². The number of aromatic nitrogens is 2. The minimum absolute atomic E-state index is 0.266. The first-order chi connectivity index (χ1) is 22.4. The highest BCUT2D eigenvalue weighted by molar-refractivity contribution is 6.19. The van der Waals surface area contributed by atoms with E-state index >= 15 is 0 Å². The molecule has 0 aliphatic rings. The highest BCUT2D eigenvalue weighted by Gasteiger charge is 2.20. The van der Waals surface area contributed by atoms with Crippen molar-refractivity contribution in [3.05, 3.63) is 156 Å². The van der Waals surface area contributed by atoms with Crippen LogP contribution in [0.15, 0.2) is 133 Å². The molecule has 46 heavy (non-hydrogen) atoms. The summed E-state index contributed by atoms with van der Waals surface area (Å²) in [5, 5.41) is 7.43. The molecule has 0 saturated heterocycles. The Morgan fingerprint density at radius 2 is 0.870 bits per heavy atom. The van der Waals surface area contributed by atoms with Crippen molar-refractivity contribution in [1.29, 1.82) is 0 Å². The number of amides is 2. The van der Waals surface area contributed by atoms with Gasteiger partial charge in [0.2, 0.25) is 0 Å². The van der Waals surface area contributed by atoms with Gasteiger partial charge in [0.1, 0.15) is 0 Å². The predicted molar refractivity (Wildman–Crippen MR) is 186 cm³/mol. The standard InChI is InChI=1S/C40H30N4O2/c1-25-13-9-11-19-33(25)43-39(45)31-22-35(27-15-5-3-6-16-27)41-37-24-38-30(21-29(31)37)32(23-36(42-38)28-17-7-4-8-18-28)40(46)44-34-20-12-10-14-26(34)2/h3-24H,1-2H3,(H,43,45)(H,44,46). The molecular formula is C40H30N4O2. The summed E-state index contributed by atoms with van der Waals surface area (Å²) in [7, 11) is 0. The van der Waals surface area contributed by atoms with Crippen LogP contribution < -0.4 is 10.6 Å². The van der Waals surface area contributed by atoms with Gasteiger partial charge in [-0.25, -0.2) is 9.97 Å². The summed E-state index contributed by atoms with van der Waals surface area (Å²) < 4.78 is 0. The SMILES string of the molecule is Cc1ccccc1NC(=O)c1cc(-c2ccccc2)nc2cc3nc(-c4ccccc4)cc(C(=O)Nc4ccccc4C)c3cc12. The summed E-state index contributed by atoms with van der Waals surface area (Å²) in [6, 6.07) is 42.3. The molecule has 7 aromatic rings. The van der Waals surface area contributed by atoms with Crippen LogP contribution in [0, 0.1) is 13.8 Å². The van der Waals surface area contributed by atoms with Crippen LogP contribution >= 0.6 is 0 Å². The van der Waals surface area contributed by atoms with E-state index in [0.29, 0.717) is 44.3 Å². The molecule has 0 fully saturated rings. The number of hydrogen-bond donors (Lipinski definition) is 2. The van der Waals surface area contributed by atoms with Crippen LogP contribution in [0.1, 0.15) is 31.8 Å². The minimum Gasteiger partial charge on any atom is -0.322 e. The number of rotatable bonds is 6. The van der Waals surface area contributed by atoms with Crippen molar-refractivity contribution in [2.45, 2.75) is 13.8 Å². The van der Waals surface area contributed by atoms with Gasteiger partial charge in [-0.1, -0.05) is 97.1 Å². The zero-order valence-corrected chi connectivity index (χ0v) is 25.4. The van der Waals surface area contributed by atoms with Gasteiger partial charge in [-0.2, -0.15) is 0 Å². The molecule has 0 aliphatic carbocycles. The smallest absolute Gasteiger partial charge is 0.256 e. The number of carbonyl (C=O) groups excluding carboxylic acids is 2. The molecule has 2 heterocycles. The summed E-state index contributed by atoms with van der Waals surface area (Å²) in [6.07, 6.45) is 0. The molecule has 0 aliphatic heterocycles. The van der Waals surface area contributed by atoms with Crippen molar-refractivity contribution in [2.24, 2.45) is 0 Å². The summed E-state index contributed by atoms with van der Waals surface area (Å²) >= 11 is 0. The largest absolute Gasteiger partial charge is 0.322 e. The molecule has 5 aromatic carbocycles. The lowest BCUT2D eigenvalue weighted by atomic mass is 9.98. The number of benzene rings is 5. The number of fused-ring (bicyclic) bond motifs is 2. The number of hydrogen-bond acceptors (Lipinski definition) is 4. The van der Waals surface area contributed by atoms with E-state index in [9.17, 15) is 9.59 Å². The van der Waals surface area contributed by atoms with Crippen LogP contribution in [0.4, 0.5) is 11.4 Å². The van der Waals surface area contributed by atoms with Gasteiger partial charge in [0.05, 0.1) is 33.5 Å². The molecule has 2 N–H and O–H groups in total. The summed E-state index contributed by atoms with van der Waals surface area (Å²) in [5.41, 5.74) is 8.58. The topological polar surface area (TPSA) is 84.0 Å². The van der Waals surface area contributed by atoms with E-state index in [0.717, 1.165) is 33.6 Å². The van der Waals surface area contributed by atoms with E-state index in [-0.39, 0.29) is 11.8 Å². The third kappa shape index (κ3) is 5.60. The lowest BCUT2D eigenvalue weighted by Gasteiger charge is -2.15. The second-order valence-electron chi connectivity index (χ2n) is 11.3. The van der Waals surface area contributed by atoms with E-state index in [1.54, 1.807) is 0 Å².